The molecule has 19 heavy (non-hydrogen) atoms. The summed E-state index contributed by atoms with van der Waals surface area (Å²) in [6, 6.07) is 3.01. The lowest BCUT2D eigenvalue weighted by Gasteiger charge is -2.25. The number of rotatable bonds is 6. The highest BCUT2D eigenvalue weighted by Gasteiger charge is 2.22. The molecule has 0 unspecified atom stereocenters. The maximum atomic E-state index is 10.6. The van der Waals surface area contributed by atoms with E-state index in [0.29, 0.717) is 12.8 Å². The Hall–Kier alpha value is -2.20. The number of anilines is 1. The first-order valence-corrected chi connectivity index (χ1v) is 5.96. The third-order valence-corrected chi connectivity index (χ3v) is 3.11. The van der Waals surface area contributed by atoms with Gasteiger partial charge >= 0.3 is 0 Å². The molecule has 102 valence electrons. The second kappa shape index (κ2) is 6.11. The molecule has 0 saturated carbocycles. The molecule has 0 aliphatic carbocycles. The molecule has 0 saturated heterocycles. The quantitative estimate of drug-likeness (QED) is 0.598. The van der Waals surface area contributed by atoms with Crippen LogP contribution in [0, 0.1) is 21.4 Å². The minimum Gasteiger partial charge on any atom is -0.388 e. The largest absolute Gasteiger partial charge is 0.388 e. The Kier molecular flexibility index (Phi) is 4.78. The number of pyridine rings is 1. The monoisotopic (exact) mass is 264 g/mol. The van der Waals surface area contributed by atoms with Crippen LogP contribution in [0.2, 0.25) is 0 Å². The molecule has 2 N–H and O–H groups in total. The Labute approximate surface area is 111 Å². The fraction of sp³-hybridized carbons (Fsp3) is 0.500. The number of aromatic nitrogens is 1. The molecular weight excluding hydrogens is 248 g/mol. The van der Waals surface area contributed by atoms with Crippen molar-refractivity contribution in [3.63, 3.8) is 0 Å². The minimum atomic E-state index is -0.879. The van der Waals surface area contributed by atoms with Crippen molar-refractivity contribution in [2.24, 2.45) is 0 Å². The zero-order chi connectivity index (χ0) is 14.5. The summed E-state index contributed by atoms with van der Waals surface area (Å²) < 4.78 is 0. The highest BCUT2D eigenvalue weighted by molar-refractivity contribution is 5.55. The molecule has 1 aromatic heterocycles. The normalized spacial score (nSPS) is 10.8. The maximum Gasteiger partial charge on any atom is 0.289 e. The van der Waals surface area contributed by atoms with Crippen LogP contribution in [0.5, 0.6) is 0 Å². The van der Waals surface area contributed by atoms with Crippen molar-refractivity contribution in [1.82, 2.24) is 4.98 Å². The predicted octanol–water partition coefficient (Wildman–Crippen LogP) is 1.82. The first-order valence-electron chi connectivity index (χ1n) is 5.96. The van der Waals surface area contributed by atoms with Gasteiger partial charge in [0.05, 0.1) is 10.5 Å². The molecule has 7 heteroatoms. The van der Waals surface area contributed by atoms with Crippen molar-refractivity contribution in [2.45, 2.75) is 32.3 Å². The number of hydrogen-bond acceptors (Lipinski definition) is 6. The van der Waals surface area contributed by atoms with Gasteiger partial charge in [0, 0.05) is 12.6 Å². The van der Waals surface area contributed by atoms with E-state index >= 15 is 0 Å². The SMILES string of the molecule is CCC(O)(CC)CNc1ncc([N+](=O)[O-])cc1C#N. The van der Waals surface area contributed by atoms with Crippen molar-refractivity contribution in [2.75, 3.05) is 11.9 Å². The molecule has 1 rings (SSSR count). The van der Waals surface area contributed by atoms with Gasteiger partial charge in [-0.2, -0.15) is 5.26 Å². The Morgan fingerprint density at radius 3 is 2.68 bits per heavy atom. The Morgan fingerprint density at radius 2 is 2.21 bits per heavy atom. The van der Waals surface area contributed by atoms with Gasteiger partial charge in [-0.3, -0.25) is 10.1 Å². The van der Waals surface area contributed by atoms with E-state index in [1.54, 1.807) is 0 Å². The van der Waals surface area contributed by atoms with Gasteiger partial charge in [0.2, 0.25) is 0 Å². The van der Waals surface area contributed by atoms with Crippen LogP contribution in [0.4, 0.5) is 11.5 Å². The van der Waals surface area contributed by atoms with Gasteiger partial charge in [0.1, 0.15) is 23.6 Å². The van der Waals surface area contributed by atoms with Crippen molar-refractivity contribution in [3.8, 4) is 6.07 Å². The minimum absolute atomic E-state index is 0.0868. The Balaban J connectivity index is 2.91. The molecule has 1 heterocycles. The third kappa shape index (κ3) is 3.63. The van der Waals surface area contributed by atoms with E-state index in [9.17, 15) is 15.2 Å². The molecule has 0 bridgehead atoms. The van der Waals surface area contributed by atoms with Gasteiger partial charge < -0.3 is 10.4 Å². The molecule has 1 aromatic rings. The molecule has 0 fully saturated rings. The average molecular weight is 264 g/mol. The maximum absolute atomic E-state index is 10.6. The van der Waals surface area contributed by atoms with E-state index in [0.717, 1.165) is 12.3 Å². The van der Waals surface area contributed by atoms with E-state index in [2.05, 4.69) is 10.3 Å². The molecule has 0 aromatic carbocycles. The van der Waals surface area contributed by atoms with E-state index < -0.39 is 10.5 Å². The van der Waals surface area contributed by atoms with Gasteiger partial charge in [-0.05, 0) is 12.8 Å². The van der Waals surface area contributed by atoms with Gasteiger partial charge in [-0.1, -0.05) is 13.8 Å². The zero-order valence-electron chi connectivity index (χ0n) is 10.9. The summed E-state index contributed by atoms with van der Waals surface area (Å²) in [7, 11) is 0. The smallest absolute Gasteiger partial charge is 0.289 e. The van der Waals surface area contributed by atoms with Gasteiger partial charge in [-0.25, -0.2) is 4.98 Å². The first-order chi connectivity index (χ1) is 8.95. The lowest BCUT2D eigenvalue weighted by molar-refractivity contribution is -0.385. The van der Waals surface area contributed by atoms with Crippen LogP contribution >= 0.6 is 0 Å². The average Bonchev–Trinajstić information content (AvgIpc) is 2.44. The molecule has 0 aliphatic rings. The molecule has 0 amide bonds. The summed E-state index contributed by atoms with van der Waals surface area (Å²) in [5.74, 6) is 0.244. The van der Waals surface area contributed by atoms with Crippen molar-refractivity contribution in [3.05, 3.63) is 27.9 Å². The fourth-order valence-electron chi connectivity index (χ4n) is 1.53. The summed E-state index contributed by atoms with van der Waals surface area (Å²) in [6.07, 6.45) is 2.21. The molecule has 0 atom stereocenters. The number of aliphatic hydroxyl groups is 1. The molecule has 0 spiro atoms. The second-order valence-corrected chi connectivity index (χ2v) is 4.24. The summed E-state index contributed by atoms with van der Waals surface area (Å²) in [6.45, 7) is 3.96. The molecule has 0 radical (unpaired) electrons. The van der Waals surface area contributed by atoms with E-state index in [4.69, 9.17) is 5.26 Å². The summed E-state index contributed by atoms with van der Waals surface area (Å²) in [5.41, 5.74) is -1.02. The van der Waals surface area contributed by atoms with Crippen LogP contribution in [0.15, 0.2) is 12.3 Å². The Morgan fingerprint density at radius 1 is 1.58 bits per heavy atom. The van der Waals surface area contributed by atoms with Crippen LogP contribution in [0.3, 0.4) is 0 Å². The van der Waals surface area contributed by atoms with Crippen LogP contribution in [0.1, 0.15) is 32.3 Å². The van der Waals surface area contributed by atoms with Crippen molar-refractivity contribution >= 4 is 11.5 Å². The third-order valence-electron chi connectivity index (χ3n) is 3.11. The number of hydrogen-bond donors (Lipinski definition) is 2. The van der Waals surface area contributed by atoms with E-state index in [1.165, 1.54) is 0 Å². The van der Waals surface area contributed by atoms with Gasteiger partial charge in [0.25, 0.3) is 5.69 Å². The predicted molar refractivity (Wildman–Crippen MR) is 69.6 cm³/mol. The van der Waals surface area contributed by atoms with Crippen LogP contribution in [0.25, 0.3) is 0 Å². The van der Waals surface area contributed by atoms with Gasteiger partial charge in [-0.15, -0.1) is 0 Å². The highest BCUT2D eigenvalue weighted by atomic mass is 16.6. The lowest BCUT2D eigenvalue weighted by Crippen LogP contribution is -2.35. The summed E-state index contributed by atoms with van der Waals surface area (Å²) in [5, 5.41) is 32.5. The number of nitriles is 1. The van der Waals surface area contributed by atoms with E-state index in [1.807, 2.05) is 19.9 Å². The fourth-order valence-corrected chi connectivity index (χ4v) is 1.53. The number of nitrogens with zero attached hydrogens (tertiary/aromatic N) is 3. The van der Waals surface area contributed by atoms with Crippen LogP contribution in [-0.4, -0.2) is 27.2 Å². The van der Waals surface area contributed by atoms with Crippen molar-refractivity contribution < 1.29 is 10.0 Å². The summed E-state index contributed by atoms with van der Waals surface area (Å²) in [4.78, 5) is 13.8. The second-order valence-electron chi connectivity index (χ2n) is 4.24. The Bertz CT molecular complexity index is 506. The van der Waals surface area contributed by atoms with Gasteiger partial charge in [0.15, 0.2) is 0 Å². The number of nitro groups is 1. The topological polar surface area (TPSA) is 112 Å². The number of nitrogens with one attached hydrogen (secondary N) is 1. The zero-order valence-corrected chi connectivity index (χ0v) is 10.9. The molecule has 7 nitrogen and oxygen atoms in total. The highest BCUT2D eigenvalue weighted by Crippen LogP contribution is 2.20. The molecule has 0 aliphatic heterocycles. The van der Waals surface area contributed by atoms with Crippen molar-refractivity contribution in [1.29, 1.82) is 5.26 Å². The first kappa shape index (κ1) is 14.9. The van der Waals surface area contributed by atoms with Crippen LogP contribution < -0.4 is 5.32 Å². The molecular formula is C12H16N4O3. The summed E-state index contributed by atoms with van der Waals surface area (Å²) >= 11 is 0. The lowest BCUT2D eigenvalue weighted by atomic mass is 9.97. The van der Waals surface area contributed by atoms with Crippen LogP contribution in [-0.2, 0) is 0 Å². The van der Waals surface area contributed by atoms with E-state index in [-0.39, 0.29) is 23.6 Å². The standard InChI is InChI=1S/C12H16N4O3/c1-3-12(17,4-2)8-15-11-9(6-13)5-10(7-14-11)16(18)19/h5,7,17H,3-4,8H2,1-2H3,(H,14,15).